The fourth-order valence-electron chi connectivity index (χ4n) is 4.73. The first-order valence-electron chi connectivity index (χ1n) is 14.5. The molecule has 0 aliphatic rings. The van der Waals surface area contributed by atoms with Gasteiger partial charge in [-0.1, -0.05) is 39.0 Å². The number of aromatic nitrogens is 1. The predicted octanol–water partition coefficient (Wildman–Crippen LogP) is 5.65. The molecule has 0 radical (unpaired) electrons. The molecule has 0 aliphatic heterocycles. The van der Waals surface area contributed by atoms with E-state index in [1.165, 1.54) is 12.1 Å². The molecule has 0 bridgehead atoms. The summed E-state index contributed by atoms with van der Waals surface area (Å²) >= 11 is 0. The molecule has 250 valence electrons. The average Bonchev–Trinajstić information content (AvgIpc) is 3.35. The van der Waals surface area contributed by atoms with Crippen molar-refractivity contribution in [2.24, 2.45) is 0 Å². The maximum Gasteiger partial charge on any atom is 0.355 e. The lowest BCUT2D eigenvalue weighted by Crippen LogP contribution is -2.35. The van der Waals surface area contributed by atoms with Crippen LogP contribution in [0.25, 0.3) is 10.9 Å². The van der Waals surface area contributed by atoms with Crippen LogP contribution in [0.15, 0.2) is 66.7 Å². The van der Waals surface area contributed by atoms with Gasteiger partial charge >= 0.3 is 5.97 Å². The highest BCUT2D eigenvalue weighted by Crippen LogP contribution is 2.30. The van der Waals surface area contributed by atoms with Crippen LogP contribution in [0.3, 0.4) is 0 Å². The second-order valence-corrected chi connectivity index (χ2v) is 17.1. The Labute approximate surface area is 274 Å². The number of aromatic amines is 1. The van der Waals surface area contributed by atoms with E-state index in [1.54, 1.807) is 57.2 Å². The molecule has 12 nitrogen and oxygen atoms in total. The van der Waals surface area contributed by atoms with E-state index in [0.29, 0.717) is 22.2 Å². The highest BCUT2D eigenvalue weighted by molar-refractivity contribution is 8.09. The Kier molecular flexibility index (Phi) is 9.35. The van der Waals surface area contributed by atoms with E-state index in [2.05, 4.69) is 15.6 Å². The quantitative estimate of drug-likeness (QED) is 0.200. The number of hydrogen-bond acceptors (Lipinski definition) is 8. The van der Waals surface area contributed by atoms with Gasteiger partial charge in [-0.3, -0.25) is 9.59 Å². The van der Waals surface area contributed by atoms with Gasteiger partial charge in [0, 0.05) is 22.2 Å². The first-order chi connectivity index (χ1) is 21.5. The van der Waals surface area contributed by atoms with Gasteiger partial charge < -0.3 is 20.4 Å². The molecule has 3 N–H and O–H groups in total. The Morgan fingerprint density at radius 3 is 1.91 bits per heavy atom. The highest BCUT2D eigenvalue weighted by atomic mass is 32.3. The molecule has 1 heterocycles. The zero-order chi connectivity index (χ0) is 35.1. The van der Waals surface area contributed by atoms with Gasteiger partial charge in [0.2, 0.25) is 20.0 Å². The Morgan fingerprint density at radius 1 is 0.745 bits per heavy atom. The summed E-state index contributed by atoms with van der Waals surface area (Å²) in [5.41, 5.74) is 0.983. The molecule has 3 aromatic carbocycles. The van der Waals surface area contributed by atoms with Gasteiger partial charge in [-0.05, 0) is 80.3 Å². The smallest absolute Gasteiger partial charge is 0.355 e. The molecule has 4 rings (SSSR count). The number of nitrogens with zero attached hydrogens (tertiary/aromatic N) is 1. The van der Waals surface area contributed by atoms with Gasteiger partial charge in [0.25, 0.3) is 11.8 Å². The van der Waals surface area contributed by atoms with E-state index in [-0.39, 0.29) is 31.8 Å². The van der Waals surface area contributed by atoms with Gasteiger partial charge in [-0.25, -0.2) is 21.6 Å². The van der Waals surface area contributed by atoms with Crippen LogP contribution >= 0.6 is 0 Å². The van der Waals surface area contributed by atoms with E-state index in [0.717, 1.165) is 24.1 Å². The molecular weight excluding hydrogens is 645 g/mol. The molecule has 0 unspecified atom stereocenters. The summed E-state index contributed by atoms with van der Waals surface area (Å²) in [6.07, 6.45) is 1.45. The molecule has 0 atom stereocenters. The number of hydrogen-bond donors (Lipinski definition) is 3. The summed E-state index contributed by atoms with van der Waals surface area (Å²) in [4.78, 5) is 42.5. The van der Waals surface area contributed by atoms with Crippen LogP contribution in [0, 0.1) is 0 Å². The van der Waals surface area contributed by atoms with E-state index in [9.17, 15) is 31.2 Å². The third kappa shape index (κ3) is 8.57. The topological polar surface area (TPSA) is 172 Å². The zero-order valence-corrected chi connectivity index (χ0v) is 29.0. The molecule has 47 heavy (non-hydrogen) atoms. The zero-order valence-electron chi connectivity index (χ0n) is 27.4. The van der Waals surface area contributed by atoms with Crippen molar-refractivity contribution < 1.29 is 36.0 Å². The van der Waals surface area contributed by atoms with Gasteiger partial charge in [0.05, 0.1) is 29.4 Å². The minimum Gasteiger partial charge on any atom is -0.455 e. The first-order valence-corrected chi connectivity index (χ1v) is 18.2. The van der Waals surface area contributed by atoms with E-state index in [1.807, 2.05) is 32.9 Å². The monoisotopic (exact) mass is 682 g/mol. The van der Waals surface area contributed by atoms with Crippen LogP contribution in [0.1, 0.15) is 78.3 Å². The molecule has 2 amide bonds. The molecular formula is C33H38N4O8S2. The van der Waals surface area contributed by atoms with Gasteiger partial charge in [0.15, 0.2) is 0 Å². The number of amides is 2. The van der Waals surface area contributed by atoms with Gasteiger partial charge in [-0.2, -0.15) is 3.71 Å². The third-order valence-electron chi connectivity index (χ3n) is 6.82. The van der Waals surface area contributed by atoms with Crippen molar-refractivity contribution in [3.05, 3.63) is 89.1 Å². The van der Waals surface area contributed by atoms with E-state index < -0.39 is 43.4 Å². The van der Waals surface area contributed by atoms with Crippen LogP contribution < -0.4 is 14.3 Å². The number of esters is 1. The number of rotatable bonds is 8. The van der Waals surface area contributed by atoms with Crippen molar-refractivity contribution in [2.75, 3.05) is 26.9 Å². The SMILES string of the molecule is CC(C)(C)OC(=O)c1cc2ccc(NC(=O)c3cc(N(S(C)(=O)=O)S(C)(=O)=O)ccc3NC(=O)c3ccc(C(C)(C)C)cc3)cc2[nH]1. The van der Waals surface area contributed by atoms with Crippen molar-refractivity contribution in [1.82, 2.24) is 4.98 Å². The maximum atomic E-state index is 13.7. The molecule has 4 aromatic rings. The molecule has 14 heteroatoms. The Bertz CT molecular complexity index is 2060. The van der Waals surface area contributed by atoms with Crippen LogP contribution in [0.4, 0.5) is 17.1 Å². The number of sulfonamides is 2. The first kappa shape index (κ1) is 35.2. The molecule has 0 saturated heterocycles. The number of H-pyrrole nitrogens is 1. The lowest BCUT2D eigenvalue weighted by Gasteiger charge is -2.21. The molecule has 0 aliphatic carbocycles. The third-order valence-corrected chi connectivity index (χ3v) is 10.1. The number of fused-ring (bicyclic) bond motifs is 1. The Morgan fingerprint density at radius 2 is 1.36 bits per heavy atom. The largest absolute Gasteiger partial charge is 0.455 e. The number of ether oxygens (including phenoxy) is 1. The van der Waals surface area contributed by atoms with Gasteiger partial charge in [-0.15, -0.1) is 0 Å². The van der Waals surface area contributed by atoms with Crippen molar-refractivity contribution in [1.29, 1.82) is 0 Å². The normalized spacial score (nSPS) is 12.4. The minimum absolute atomic E-state index is 0.00580. The number of carbonyl (C=O) groups is 3. The van der Waals surface area contributed by atoms with E-state index in [4.69, 9.17) is 4.74 Å². The summed E-state index contributed by atoms with van der Waals surface area (Å²) in [6.45, 7) is 11.4. The van der Waals surface area contributed by atoms with Crippen LogP contribution in [-0.2, 0) is 30.2 Å². The average molecular weight is 683 g/mol. The van der Waals surface area contributed by atoms with Crippen molar-refractivity contribution in [3.8, 4) is 0 Å². The van der Waals surface area contributed by atoms with Crippen LogP contribution in [0.2, 0.25) is 0 Å². The summed E-state index contributed by atoms with van der Waals surface area (Å²) in [6, 6.07) is 16.9. The lowest BCUT2D eigenvalue weighted by molar-refractivity contribution is 0.00636. The van der Waals surface area contributed by atoms with Crippen LogP contribution in [0.5, 0.6) is 0 Å². The van der Waals surface area contributed by atoms with Crippen molar-refractivity contribution >= 4 is 65.8 Å². The van der Waals surface area contributed by atoms with Crippen molar-refractivity contribution in [2.45, 2.75) is 52.6 Å². The Balaban J connectivity index is 1.72. The number of benzene rings is 3. The summed E-state index contributed by atoms with van der Waals surface area (Å²) in [5, 5.41) is 6.06. The second kappa shape index (κ2) is 12.5. The predicted molar refractivity (Wildman–Crippen MR) is 183 cm³/mol. The fraction of sp³-hybridized carbons (Fsp3) is 0.303. The molecule has 1 aromatic heterocycles. The number of nitrogens with one attached hydrogen (secondary N) is 3. The number of anilines is 3. The van der Waals surface area contributed by atoms with Crippen molar-refractivity contribution in [3.63, 3.8) is 0 Å². The lowest BCUT2D eigenvalue weighted by atomic mass is 9.86. The minimum atomic E-state index is -4.33. The summed E-state index contributed by atoms with van der Waals surface area (Å²) < 4.78 is 55.6. The second-order valence-electron chi connectivity index (χ2n) is 13.2. The number of carbonyl (C=O) groups excluding carboxylic acids is 3. The van der Waals surface area contributed by atoms with Crippen LogP contribution in [-0.4, -0.2) is 57.7 Å². The van der Waals surface area contributed by atoms with E-state index >= 15 is 0 Å². The molecule has 0 spiro atoms. The molecule has 0 saturated carbocycles. The molecule has 0 fully saturated rings. The maximum absolute atomic E-state index is 13.7. The summed E-state index contributed by atoms with van der Waals surface area (Å²) in [5.74, 6) is -1.87. The Hall–Kier alpha value is -4.69. The van der Waals surface area contributed by atoms with Gasteiger partial charge in [0.1, 0.15) is 11.3 Å². The highest BCUT2D eigenvalue weighted by Gasteiger charge is 2.29. The standard InChI is InChI=1S/C33H38N4O8S2/c1-32(2,3)22-12-9-20(10-13-22)29(38)36-26-16-15-24(37(46(7,41)42)47(8,43)44)19-25(26)30(39)34-23-14-11-21-17-28(35-27(21)18-23)31(40)45-33(4,5)6/h9-19,35H,1-8H3,(H,34,39)(H,36,38). The summed E-state index contributed by atoms with van der Waals surface area (Å²) in [7, 11) is -8.66. The fourth-order valence-corrected chi connectivity index (χ4v) is 7.69.